The molecule has 4 nitrogen and oxygen atoms in total. The standard InChI is InChI=1S/C13H16N4/c1-4-10-9(3)16-13(17-12(10)14)11-7-5-6-8(2)15-11/h5-7H,4H2,1-3H3,(H2,14,16,17). The third-order valence-corrected chi connectivity index (χ3v) is 2.72. The monoisotopic (exact) mass is 228 g/mol. The first-order chi connectivity index (χ1) is 8.11. The summed E-state index contributed by atoms with van der Waals surface area (Å²) in [5.74, 6) is 1.15. The van der Waals surface area contributed by atoms with Crippen molar-refractivity contribution >= 4 is 5.82 Å². The zero-order valence-corrected chi connectivity index (χ0v) is 10.4. The molecule has 2 N–H and O–H groups in total. The number of aryl methyl sites for hydroxylation is 2. The van der Waals surface area contributed by atoms with Gasteiger partial charge in [-0.3, -0.25) is 0 Å². The Balaban J connectivity index is 2.54. The smallest absolute Gasteiger partial charge is 0.180 e. The topological polar surface area (TPSA) is 64.7 Å². The van der Waals surface area contributed by atoms with Gasteiger partial charge in [0, 0.05) is 17.0 Å². The molecule has 2 aromatic heterocycles. The molecule has 88 valence electrons. The van der Waals surface area contributed by atoms with Gasteiger partial charge in [0.1, 0.15) is 11.5 Å². The second-order valence-electron chi connectivity index (χ2n) is 4.01. The third-order valence-electron chi connectivity index (χ3n) is 2.72. The van der Waals surface area contributed by atoms with Crippen LogP contribution in [-0.2, 0) is 6.42 Å². The summed E-state index contributed by atoms with van der Waals surface area (Å²) in [6.07, 6.45) is 0.846. The summed E-state index contributed by atoms with van der Waals surface area (Å²) < 4.78 is 0. The molecule has 0 unspecified atom stereocenters. The fourth-order valence-electron chi connectivity index (χ4n) is 1.84. The number of nitrogens with zero attached hydrogens (tertiary/aromatic N) is 3. The van der Waals surface area contributed by atoms with E-state index < -0.39 is 0 Å². The zero-order chi connectivity index (χ0) is 12.4. The van der Waals surface area contributed by atoms with Crippen molar-refractivity contribution in [3.63, 3.8) is 0 Å². The Morgan fingerprint density at radius 2 is 1.88 bits per heavy atom. The fraction of sp³-hybridized carbons (Fsp3) is 0.308. The molecule has 4 heteroatoms. The maximum absolute atomic E-state index is 5.93. The van der Waals surface area contributed by atoms with Crippen molar-refractivity contribution in [3.8, 4) is 11.5 Å². The Hall–Kier alpha value is -1.97. The van der Waals surface area contributed by atoms with E-state index in [1.165, 1.54) is 0 Å². The van der Waals surface area contributed by atoms with Crippen molar-refractivity contribution in [1.82, 2.24) is 15.0 Å². The predicted molar refractivity (Wildman–Crippen MR) is 68.5 cm³/mol. The molecule has 0 saturated heterocycles. The van der Waals surface area contributed by atoms with Crippen molar-refractivity contribution in [2.24, 2.45) is 0 Å². The number of pyridine rings is 1. The Morgan fingerprint density at radius 1 is 1.12 bits per heavy atom. The summed E-state index contributed by atoms with van der Waals surface area (Å²) in [6, 6.07) is 5.78. The van der Waals surface area contributed by atoms with Crippen LogP contribution in [0, 0.1) is 13.8 Å². The molecule has 0 aliphatic carbocycles. The van der Waals surface area contributed by atoms with Crippen LogP contribution in [0.2, 0.25) is 0 Å². The van der Waals surface area contributed by atoms with Crippen LogP contribution < -0.4 is 5.73 Å². The fourth-order valence-corrected chi connectivity index (χ4v) is 1.84. The summed E-state index contributed by atoms with van der Waals surface area (Å²) in [5.41, 5.74) is 9.59. The lowest BCUT2D eigenvalue weighted by Crippen LogP contribution is -2.05. The van der Waals surface area contributed by atoms with Crippen LogP contribution in [0.1, 0.15) is 23.9 Å². The molecule has 0 bridgehead atoms. The minimum absolute atomic E-state index is 0.554. The average molecular weight is 228 g/mol. The summed E-state index contributed by atoms with van der Waals surface area (Å²) in [7, 11) is 0. The highest BCUT2D eigenvalue weighted by molar-refractivity contribution is 5.55. The molecule has 2 rings (SSSR count). The van der Waals surface area contributed by atoms with E-state index in [-0.39, 0.29) is 0 Å². The molecule has 0 radical (unpaired) electrons. The van der Waals surface area contributed by atoms with Gasteiger partial charge in [0.15, 0.2) is 5.82 Å². The minimum Gasteiger partial charge on any atom is -0.383 e. The first-order valence-corrected chi connectivity index (χ1v) is 5.68. The normalized spacial score (nSPS) is 10.5. The Labute approximate surface area is 101 Å². The van der Waals surface area contributed by atoms with Crippen molar-refractivity contribution in [3.05, 3.63) is 35.2 Å². The lowest BCUT2D eigenvalue weighted by molar-refractivity contribution is 1.00. The van der Waals surface area contributed by atoms with Crippen LogP contribution in [0.3, 0.4) is 0 Å². The Kier molecular flexibility index (Phi) is 3.04. The summed E-state index contributed by atoms with van der Waals surface area (Å²) in [4.78, 5) is 13.2. The van der Waals surface area contributed by atoms with Gasteiger partial charge in [0.05, 0.1) is 0 Å². The number of anilines is 1. The van der Waals surface area contributed by atoms with Crippen molar-refractivity contribution in [2.75, 3.05) is 5.73 Å². The number of nitrogens with two attached hydrogens (primary N) is 1. The Bertz CT molecular complexity index is 526. The minimum atomic E-state index is 0.554. The number of rotatable bonds is 2. The molecule has 17 heavy (non-hydrogen) atoms. The number of hydrogen-bond donors (Lipinski definition) is 1. The van der Waals surface area contributed by atoms with Gasteiger partial charge in [0.25, 0.3) is 0 Å². The third kappa shape index (κ3) is 2.25. The van der Waals surface area contributed by atoms with Crippen molar-refractivity contribution in [1.29, 1.82) is 0 Å². The highest BCUT2D eigenvalue weighted by atomic mass is 15.0. The first-order valence-electron chi connectivity index (χ1n) is 5.68. The first kappa shape index (κ1) is 11.5. The molecule has 0 atom stereocenters. The predicted octanol–water partition coefficient (Wildman–Crippen LogP) is 2.30. The molecule has 0 aromatic carbocycles. The van der Waals surface area contributed by atoms with Gasteiger partial charge in [0.2, 0.25) is 0 Å². The van der Waals surface area contributed by atoms with E-state index in [0.717, 1.165) is 29.1 Å². The Morgan fingerprint density at radius 3 is 2.47 bits per heavy atom. The largest absolute Gasteiger partial charge is 0.383 e. The second kappa shape index (κ2) is 4.49. The highest BCUT2D eigenvalue weighted by Crippen LogP contribution is 2.19. The van der Waals surface area contributed by atoms with Gasteiger partial charge >= 0.3 is 0 Å². The van der Waals surface area contributed by atoms with Gasteiger partial charge in [-0.05, 0) is 32.4 Å². The molecule has 0 fully saturated rings. The summed E-state index contributed by atoms with van der Waals surface area (Å²) in [6.45, 7) is 5.95. The van der Waals surface area contributed by atoms with E-state index in [0.29, 0.717) is 11.6 Å². The molecular weight excluding hydrogens is 212 g/mol. The van der Waals surface area contributed by atoms with Crippen LogP contribution in [-0.4, -0.2) is 15.0 Å². The van der Waals surface area contributed by atoms with Gasteiger partial charge in [-0.15, -0.1) is 0 Å². The lowest BCUT2D eigenvalue weighted by atomic mass is 10.1. The van der Waals surface area contributed by atoms with Gasteiger partial charge < -0.3 is 5.73 Å². The van der Waals surface area contributed by atoms with E-state index in [4.69, 9.17) is 5.73 Å². The molecular formula is C13H16N4. The van der Waals surface area contributed by atoms with E-state index >= 15 is 0 Å². The molecule has 0 amide bonds. The van der Waals surface area contributed by atoms with Crippen LogP contribution >= 0.6 is 0 Å². The van der Waals surface area contributed by atoms with Crippen LogP contribution in [0.25, 0.3) is 11.5 Å². The van der Waals surface area contributed by atoms with Crippen LogP contribution in [0.5, 0.6) is 0 Å². The van der Waals surface area contributed by atoms with E-state index in [9.17, 15) is 0 Å². The van der Waals surface area contributed by atoms with Gasteiger partial charge in [-0.2, -0.15) is 0 Å². The number of hydrogen-bond acceptors (Lipinski definition) is 4. The van der Waals surface area contributed by atoms with E-state index in [1.54, 1.807) is 0 Å². The summed E-state index contributed by atoms with van der Waals surface area (Å²) >= 11 is 0. The molecule has 0 aliphatic heterocycles. The second-order valence-corrected chi connectivity index (χ2v) is 4.01. The molecule has 0 spiro atoms. The van der Waals surface area contributed by atoms with Gasteiger partial charge in [-0.25, -0.2) is 15.0 Å². The van der Waals surface area contributed by atoms with Crippen LogP contribution in [0.15, 0.2) is 18.2 Å². The van der Waals surface area contributed by atoms with Crippen LogP contribution in [0.4, 0.5) is 5.82 Å². The van der Waals surface area contributed by atoms with Crippen molar-refractivity contribution in [2.45, 2.75) is 27.2 Å². The molecule has 2 heterocycles. The number of aromatic nitrogens is 3. The highest BCUT2D eigenvalue weighted by Gasteiger charge is 2.09. The molecule has 2 aromatic rings. The summed E-state index contributed by atoms with van der Waals surface area (Å²) in [5, 5.41) is 0. The molecule has 0 aliphatic rings. The SMILES string of the molecule is CCc1c(C)nc(-c2cccc(C)n2)nc1N. The van der Waals surface area contributed by atoms with Crippen molar-refractivity contribution < 1.29 is 0 Å². The maximum Gasteiger partial charge on any atom is 0.180 e. The number of nitrogen functional groups attached to an aromatic ring is 1. The quantitative estimate of drug-likeness (QED) is 0.856. The maximum atomic E-state index is 5.93. The van der Waals surface area contributed by atoms with Gasteiger partial charge in [-0.1, -0.05) is 13.0 Å². The van der Waals surface area contributed by atoms with E-state index in [2.05, 4.69) is 15.0 Å². The molecule has 0 saturated carbocycles. The van der Waals surface area contributed by atoms with E-state index in [1.807, 2.05) is 39.0 Å². The lowest BCUT2D eigenvalue weighted by Gasteiger charge is -2.08. The zero-order valence-electron chi connectivity index (χ0n) is 10.4. The average Bonchev–Trinajstić information content (AvgIpc) is 2.28.